The molecule has 1 aromatic heterocycles. The molecule has 0 radical (unpaired) electrons. The number of hydrogen-bond donors (Lipinski definition) is 1. The highest BCUT2D eigenvalue weighted by molar-refractivity contribution is 7.15. The first-order chi connectivity index (χ1) is 13.5. The van der Waals surface area contributed by atoms with E-state index in [1.54, 1.807) is 18.2 Å². The van der Waals surface area contributed by atoms with E-state index in [-0.39, 0.29) is 11.8 Å². The normalized spacial score (nSPS) is 10.8. The maximum Gasteiger partial charge on any atom is 0.257 e. The molecule has 1 N–H and O–H groups in total. The van der Waals surface area contributed by atoms with Crippen LogP contribution in [0.3, 0.4) is 0 Å². The number of methoxy groups -OCH3 is 1. The van der Waals surface area contributed by atoms with E-state index in [2.05, 4.69) is 15.5 Å². The highest BCUT2D eigenvalue weighted by Gasteiger charge is 2.15. The fourth-order valence-corrected chi connectivity index (χ4v) is 3.32. The quantitative estimate of drug-likeness (QED) is 0.575. The van der Waals surface area contributed by atoms with Crippen LogP contribution in [0.5, 0.6) is 11.5 Å². The number of amides is 1. The van der Waals surface area contributed by atoms with Crippen molar-refractivity contribution in [2.45, 2.75) is 26.4 Å². The number of benzene rings is 2. The zero-order valence-electron chi connectivity index (χ0n) is 15.7. The minimum absolute atomic E-state index is 0.262. The van der Waals surface area contributed by atoms with Crippen molar-refractivity contribution < 1.29 is 14.3 Å². The Morgan fingerprint density at radius 1 is 1.18 bits per heavy atom. The maximum absolute atomic E-state index is 12.5. The number of carbonyl (C=O) groups excluding carboxylic acids is 1. The summed E-state index contributed by atoms with van der Waals surface area (Å²) in [7, 11) is 1.53. The van der Waals surface area contributed by atoms with Crippen LogP contribution < -0.4 is 14.8 Å². The van der Waals surface area contributed by atoms with Gasteiger partial charge in [-0.1, -0.05) is 55.0 Å². The minimum atomic E-state index is -0.289. The molecule has 2 aromatic carbocycles. The van der Waals surface area contributed by atoms with E-state index >= 15 is 0 Å². The van der Waals surface area contributed by atoms with Crippen LogP contribution in [0.25, 0.3) is 0 Å². The third kappa shape index (κ3) is 4.79. The number of halogens is 1. The molecule has 1 heterocycles. The molecule has 0 atom stereocenters. The second kappa shape index (κ2) is 9.03. The van der Waals surface area contributed by atoms with Crippen LogP contribution in [0.15, 0.2) is 42.5 Å². The summed E-state index contributed by atoms with van der Waals surface area (Å²) in [5.41, 5.74) is 1.30. The van der Waals surface area contributed by atoms with Gasteiger partial charge < -0.3 is 9.47 Å². The van der Waals surface area contributed by atoms with Gasteiger partial charge in [-0.3, -0.25) is 10.1 Å². The molecule has 0 bridgehead atoms. The fraction of sp³-hybridized carbons (Fsp3) is 0.250. The van der Waals surface area contributed by atoms with Gasteiger partial charge in [0.2, 0.25) is 5.13 Å². The number of nitrogens with one attached hydrogen (secondary N) is 1. The summed E-state index contributed by atoms with van der Waals surface area (Å²) in [6.45, 7) is 4.35. The first-order valence-corrected chi connectivity index (χ1v) is 9.86. The van der Waals surface area contributed by atoms with E-state index in [0.29, 0.717) is 33.8 Å². The van der Waals surface area contributed by atoms with Crippen LogP contribution in [0.2, 0.25) is 5.02 Å². The summed E-state index contributed by atoms with van der Waals surface area (Å²) in [5.74, 6) is 0.956. The standard InChI is InChI=1S/C20H20ClN3O3S/c1-12(2)19-23-24-20(28-19)22-18(25)13-8-9-16(17(10-13)26-3)27-11-14-6-4-5-7-15(14)21/h4-10,12H,11H2,1-3H3,(H,22,24,25). The topological polar surface area (TPSA) is 73.3 Å². The van der Waals surface area contributed by atoms with Crippen molar-refractivity contribution in [2.24, 2.45) is 0 Å². The summed E-state index contributed by atoms with van der Waals surface area (Å²) in [5, 5.41) is 12.8. The SMILES string of the molecule is COc1cc(C(=O)Nc2nnc(C(C)C)s2)ccc1OCc1ccccc1Cl. The predicted molar refractivity (Wildman–Crippen MR) is 111 cm³/mol. The third-order valence-corrected chi connectivity index (χ3v) is 5.43. The summed E-state index contributed by atoms with van der Waals surface area (Å²) in [6.07, 6.45) is 0. The summed E-state index contributed by atoms with van der Waals surface area (Å²) in [4.78, 5) is 12.5. The Bertz CT molecular complexity index is 975. The van der Waals surface area contributed by atoms with Crippen LogP contribution in [0, 0.1) is 0 Å². The largest absolute Gasteiger partial charge is 0.493 e. The number of aromatic nitrogens is 2. The molecular formula is C20H20ClN3O3S. The molecule has 0 aliphatic heterocycles. The first kappa shape index (κ1) is 20.1. The monoisotopic (exact) mass is 417 g/mol. The molecule has 1 amide bonds. The zero-order valence-corrected chi connectivity index (χ0v) is 17.3. The Kier molecular flexibility index (Phi) is 6.49. The molecule has 28 heavy (non-hydrogen) atoms. The molecule has 0 spiro atoms. The van der Waals surface area contributed by atoms with E-state index in [9.17, 15) is 4.79 Å². The Labute approximate surface area is 172 Å². The van der Waals surface area contributed by atoms with Gasteiger partial charge in [0.25, 0.3) is 5.91 Å². The van der Waals surface area contributed by atoms with Crippen molar-refractivity contribution in [3.63, 3.8) is 0 Å². The molecule has 146 valence electrons. The number of hydrogen-bond acceptors (Lipinski definition) is 6. The molecular weight excluding hydrogens is 398 g/mol. The van der Waals surface area contributed by atoms with Gasteiger partial charge >= 0.3 is 0 Å². The van der Waals surface area contributed by atoms with Gasteiger partial charge in [0.15, 0.2) is 11.5 Å². The Morgan fingerprint density at radius 2 is 1.96 bits per heavy atom. The molecule has 0 saturated carbocycles. The average Bonchev–Trinajstić information content (AvgIpc) is 3.16. The molecule has 0 aliphatic rings. The predicted octanol–water partition coefficient (Wildman–Crippen LogP) is 5.15. The molecule has 0 aliphatic carbocycles. The lowest BCUT2D eigenvalue weighted by atomic mass is 10.2. The van der Waals surface area contributed by atoms with Crippen LogP contribution in [-0.2, 0) is 6.61 Å². The Morgan fingerprint density at radius 3 is 2.64 bits per heavy atom. The van der Waals surface area contributed by atoms with E-state index in [0.717, 1.165) is 10.6 Å². The van der Waals surface area contributed by atoms with Gasteiger partial charge in [0.1, 0.15) is 11.6 Å². The van der Waals surface area contributed by atoms with Gasteiger partial charge in [-0.15, -0.1) is 10.2 Å². The minimum Gasteiger partial charge on any atom is -0.493 e. The van der Waals surface area contributed by atoms with Gasteiger partial charge in [0.05, 0.1) is 7.11 Å². The summed E-state index contributed by atoms with van der Waals surface area (Å²) < 4.78 is 11.2. The van der Waals surface area contributed by atoms with Crippen LogP contribution in [-0.4, -0.2) is 23.2 Å². The first-order valence-electron chi connectivity index (χ1n) is 8.67. The third-order valence-electron chi connectivity index (χ3n) is 3.92. The molecule has 3 rings (SSSR count). The maximum atomic E-state index is 12.5. The van der Waals surface area contributed by atoms with Crippen molar-refractivity contribution in [2.75, 3.05) is 12.4 Å². The van der Waals surface area contributed by atoms with Crippen molar-refractivity contribution >= 4 is 34.0 Å². The van der Waals surface area contributed by atoms with E-state index in [1.165, 1.54) is 18.4 Å². The number of carbonyl (C=O) groups is 1. The molecule has 0 fully saturated rings. The lowest BCUT2D eigenvalue weighted by molar-refractivity contribution is 0.102. The zero-order chi connectivity index (χ0) is 20.1. The number of ether oxygens (including phenoxy) is 2. The van der Waals surface area contributed by atoms with Gasteiger partial charge in [-0.2, -0.15) is 0 Å². The second-order valence-electron chi connectivity index (χ2n) is 6.30. The van der Waals surface area contributed by atoms with Gasteiger partial charge in [0, 0.05) is 22.1 Å². The molecule has 8 heteroatoms. The van der Waals surface area contributed by atoms with Gasteiger partial charge in [-0.05, 0) is 24.3 Å². The highest BCUT2D eigenvalue weighted by Crippen LogP contribution is 2.30. The molecule has 0 unspecified atom stereocenters. The summed E-state index contributed by atoms with van der Waals surface area (Å²) in [6, 6.07) is 12.5. The lowest BCUT2D eigenvalue weighted by Crippen LogP contribution is -2.12. The van der Waals surface area contributed by atoms with Crippen LogP contribution in [0.4, 0.5) is 5.13 Å². The van der Waals surface area contributed by atoms with Crippen molar-refractivity contribution in [1.82, 2.24) is 10.2 Å². The number of nitrogens with zero attached hydrogens (tertiary/aromatic N) is 2. The highest BCUT2D eigenvalue weighted by atomic mass is 35.5. The molecule has 6 nitrogen and oxygen atoms in total. The molecule has 0 saturated heterocycles. The van der Waals surface area contributed by atoms with E-state index in [1.807, 2.05) is 38.1 Å². The smallest absolute Gasteiger partial charge is 0.257 e. The number of anilines is 1. The van der Waals surface area contributed by atoms with Crippen molar-refractivity contribution in [3.05, 3.63) is 63.6 Å². The molecule has 3 aromatic rings. The lowest BCUT2D eigenvalue weighted by Gasteiger charge is -2.12. The number of rotatable bonds is 7. The van der Waals surface area contributed by atoms with Gasteiger partial charge in [-0.25, -0.2) is 0 Å². The van der Waals surface area contributed by atoms with Crippen LogP contribution >= 0.6 is 22.9 Å². The Hall–Kier alpha value is -2.64. The van der Waals surface area contributed by atoms with E-state index in [4.69, 9.17) is 21.1 Å². The summed E-state index contributed by atoms with van der Waals surface area (Å²) >= 11 is 7.52. The fourth-order valence-electron chi connectivity index (χ4n) is 2.39. The van der Waals surface area contributed by atoms with Crippen LogP contribution in [0.1, 0.15) is 40.7 Å². The van der Waals surface area contributed by atoms with E-state index < -0.39 is 0 Å². The van der Waals surface area contributed by atoms with Crippen molar-refractivity contribution in [3.8, 4) is 11.5 Å². The second-order valence-corrected chi connectivity index (χ2v) is 7.72. The average molecular weight is 418 g/mol. The van der Waals surface area contributed by atoms with Crippen molar-refractivity contribution in [1.29, 1.82) is 0 Å². The Balaban J connectivity index is 1.71.